The summed E-state index contributed by atoms with van der Waals surface area (Å²) in [6.07, 6.45) is -2.51. The summed E-state index contributed by atoms with van der Waals surface area (Å²) in [4.78, 5) is 25.1. The molecule has 2 aromatic rings. The fraction of sp³-hybridized carbons (Fsp3) is 0.158. The lowest BCUT2D eigenvalue weighted by Crippen LogP contribution is -2.30. The lowest BCUT2D eigenvalue weighted by Gasteiger charge is -2.16. The fourth-order valence-corrected chi connectivity index (χ4v) is 2.26. The molecule has 0 saturated heterocycles. The predicted molar refractivity (Wildman–Crippen MR) is 96.3 cm³/mol. The van der Waals surface area contributed by atoms with Gasteiger partial charge in [0, 0.05) is 23.8 Å². The van der Waals surface area contributed by atoms with Gasteiger partial charge in [0.15, 0.2) is 6.61 Å². The standard InChI is InChI=1S/C19H15ClF3NO3/c1-24(15-5-3-2-4-6-15)17(25)12-27-18(26)10-7-13-11-14(19(21,22)23)8-9-16(13)20/h2-11H,12H2,1H3/b10-7+. The van der Waals surface area contributed by atoms with Crippen molar-refractivity contribution in [2.45, 2.75) is 6.18 Å². The molecule has 0 atom stereocenters. The first kappa shape index (κ1) is 20.5. The zero-order valence-corrected chi connectivity index (χ0v) is 14.9. The van der Waals surface area contributed by atoms with Crippen molar-refractivity contribution >= 4 is 35.2 Å². The largest absolute Gasteiger partial charge is 0.452 e. The lowest BCUT2D eigenvalue weighted by atomic mass is 10.1. The molecular formula is C19H15ClF3NO3. The molecule has 0 radical (unpaired) electrons. The normalized spacial score (nSPS) is 11.4. The van der Waals surface area contributed by atoms with Gasteiger partial charge in [-0.2, -0.15) is 13.2 Å². The van der Waals surface area contributed by atoms with Gasteiger partial charge >= 0.3 is 12.1 Å². The molecule has 2 aromatic carbocycles. The van der Waals surface area contributed by atoms with Crippen molar-refractivity contribution in [1.82, 2.24) is 0 Å². The van der Waals surface area contributed by atoms with Crippen LogP contribution in [0, 0.1) is 0 Å². The quantitative estimate of drug-likeness (QED) is 0.548. The molecule has 0 heterocycles. The average Bonchev–Trinajstić information content (AvgIpc) is 2.64. The van der Waals surface area contributed by atoms with Gasteiger partial charge in [-0.1, -0.05) is 29.8 Å². The molecule has 0 aromatic heterocycles. The van der Waals surface area contributed by atoms with Crippen molar-refractivity contribution in [1.29, 1.82) is 0 Å². The molecule has 0 spiro atoms. The third-order valence-corrected chi connectivity index (χ3v) is 3.92. The van der Waals surface area contributed by atoms with Gasteiger partial charge in [-0.05, 0) is 42.0 Å². The number of likely N-dealkylation sites (N-methyl/N-ethyl adjacent to an activating group) is 1. The SMILES string of the molecule is CN(C(=O)COC(=O)/C=C/c1cc(C(F)(F)F)ccc1Cl)c1ccccc1. The van der Waals surface area contributed by atoms with Crippen molar-refractivity contribution < 1.29 is 27.5 Å². The molecule has 4 nitrogen and oxygen atoms in total. The van der Waals surface area contributed by atoms with Crippen LogP contribution in [-0.2, 0) is 20.5 Å². The van der Waals surface area contributed by atoms with Crippen molar-refractivity contribution in [3.8, 4) is 0 Å². The molecule has 1 amide bonds. The minimum Gasteiger partial charge on any atom is -0.452 e. The number of nitrogens with zero attached hydrogens (tertiary/aromatic N) is 1. The minimum absolute atomic E-state index is 0.0103. The highest BCUT2D eigenvalue weighted by atomic mass is 35.5. The number of anilines is 1. The van der Waals surface area contributed by atoms with E-state index < -0.39 is 30.2 Å². The number of para-hydroxylation sites is 1. The molecule has 8 heteroatoms. The first-order valence-electron chi connectivity index (χ1n) is 7.71. The van der Waals surface area contributed by atoms with Crippen molar-refractivity contribution in [3.63, 3.8) is 0 Å². The summed E-state index contributed by atoms with van der Waals surface area (Å²) in [5.41, 5.74) is -0.249. The van der Waals surface area contributed by atoms with Crippen LogP contribution in [0.25, 0.3) is 6.08 Å². The van der Waals surface area contributed by atoms with Gasteiger partial charge in [-0.3, -0.25) is 4.79 Å². The van der Waals surface area contributed by atoms with Gasteiger partial charge in [-0.15, -0.1) is 0 Å². The van der Waals surface area contributed by atoms with Crippen LogP contribution in [0.2, 0.25) is 5.02 Å². The second kappa shape index (κ2) is 8.73. The van der Waals surface area contributed by atoms with E-state index in [1.165, 1.54) is 11.9 Å². The highest BCUT2D eigenvalue weighted by molar-refractivity contribution is 6.32. The van der Waals surface area contributed by atoms with E-state index in [4.69, 9.17) is 16.3 Å². The van der Waals surface area contributed by atoms with Gasteiger partial charge < -0.3 is 9.64 Å². The zero-order chi connectivity index (χ0) is 20.0. The third-order valence-electron chi connectivity index (χ3n) is 3.58. The number of amides is 1. The number of esters is 1. The Morgan fingerprint density at radius 3 is 2.44 bits per heavy atom. The molecule has 0 fully saturated rings. The van der Waals surface area contributed by atoms with Crippen LogP contribution in [0.1, 0.15) is 11.1 Å². The summed E-state index contributed by atoms with van der Waals surface area (Å²) in [7, 11) is 1.53. The summed E-state index contributed by atoms with van der Waals surface area (Å²) in [6.45, 7) is -0.509. The van der Waals surface area contributed by atoms with E-state index in [1.807, 2.05) is 0 Å². The zero-order valence-electron chi connectivity index (χ0n) is 14.2. The monoisotopic (exact) mass is 397 g/mol. The van der Waals surface area contributed by atoms with Gasteiger partial charge in [0.25, 0.3) is 5.91 Å². The van der Waals surface area contributed by atoms with Crippen LogP contribution < -0.4 is 4.90 Å². The molecule has 27 heavy (non-hydrogen) atoms. The van der Waals surface area contributed by atoms with Gasteiger partial charge in [0.2, 0.25) is 0 Å². The smallest absolute Gasteiger partial charge is 0.416 e. The number of hydrogen-bond donors (Lipinski definition) is 0. The Bertz CT molecular complexity index is 851. The molecule has 0 aliphatic carbocycles. The number of rotatable bonds is 5. The number of carbonyl (C=O) groups is 2. The van der Waals surface area contributed by atoms with E-state index in [0.717, 1.165) is 30.4 Å². The second-order valence-corrected chi connectivity index (χ2v) is 5.87. The van der Waals surface area contributed by atoms with Crippen LogP contribution in [-0.4, -0.2) is 25.5 Å². The number of ether oxygens (including phenoxy) is 1. The summed E-state index contributed by atoms with van der Waals surface area (Å²) < 4.78 is 43.0. The predicted octanol–water partition coefficient (Wildman–Crippen LogP) is 4.58. The Kier molecular flexibility index (Phi) is 6.63. The molecular weight excluding hydrogens is 383 g/mol. The van der Waals surface area contributed by atoms with Gasteiger partial charge in [0.05, 0.1) is 5.56 Å². The van der Waals surface area contributed by atoms with E-state index in [0.29, 0.717) is 5.69 Å². The molecule has 0 N–H and O–H groups in total. The number of carbonyl (C=O) groups excluding carboxylic acids is 2. The Morgan fingerprint density at radius 1 is 1.15 bits per heavy atom. The maximum atomic E-state index is 12.7. The maximum Gasteiger partial charge on any atom is 0.416 e. The van der Waals surface area contributed by atoms with E-state index in [1.54, 1.807) is 30.3 Å². The van der Waals surface area contributed by atoms with Crippen LogP contribution in [0.3, 0.4) is 0 Å². The first-order valence-corrected chi connectivity index (χ1v) is 8.09. The molecule has 2 rings (SSSR count). The topological polar surface area (TPSA) is 46.6 Å². The van der Waals surface area contributed by atoms with Gasteiger partial charge in [0.1, 0.15) is 0 Å². The maximum absolute atomic E-state index is 12.7. The van der Waals surface area contributed by atoms with Crippen molar-refractivity contribution in [3.05, 3.63) is 70.8 Å². The molecule has 0 bridgehead atoms. The highest BCUT2D eigenvalue weighted by Crippen LogP contribution is 2.32. The number of halogens is 4. The Hall–Kier alpha value is -2.80. The van der Waals surface area contributed by atoms with E-state index >= 15 is 0 Å². The van der Waals surface area contributed by atoms with Gasteiger partial charge in [-0.25, -0.2) is 4.79 Å². The Morgan fingerprint density at radius 2 is 1.81 bits per heavy atom. The Balaban J connectivity index is 1.97. The first-order chi connectivity index (χ1) is 12.7. The van der Waals surface area contributed by atoms with Crippen LogP contribution >= 0.6 is 11.6 Å². The van der Waals surface area contributed by atoms with Crippen LogP contribution in [0.4, 0.5) is 18.9 Å². The molecule has 0 aliphatic heterocycles. The van der Waals surface area contributed by atoms with E-state index in [2.05, 4.69) is 0 Å². The molecule has 0 saturated carbocycles. The highest BCUT2D eigenvalue weighted by Gasteiger charge is 2.30. The number of hydrogen-bond acceptors (Lipinski definition) is 3. The minimum atomic E-state index is -4.53. The molecule has 142 valence electrons. The van der Waals surface area contributed by atoms with E-state index in [9.17, 15) is 22.8 Å². The fourth-order valence-electron chi connectivity index (χ4n) is 2.08. The summed E-state index contributed by atoms with van der Waals surface area (Å²) >= 11 is 5.84. The summed E-state index contributed by atoms with van der Waals surface area (Å²) in [5.74, 6) is -1.33. The Labute approximate surface area is 158 Å². The van der Waals surface area contributed by atoms with Crippen LogP contribution in [0.5, 0.6) is 0 Å². The molecule has 0 aliphatic rings. The average molecular weight is 398 g/mol. The summed E-state index contributed by atoms with van der Waals surface area (Å²) in [5, 5.41) is 0.0481. The summed E-state index contributed by atoms with van der Waals surface area (Å²) in [6, 6.07) is 11.5. The van der Waals surface area contributed by atoms with Crippen LogP contribution in [0.15, 0.2) is 54.6 Å². The van der Waals surface area contributed by atoms with Crippen molar-refractivity contribution in [2.24, 2.45) is 0 Å². The van der Waals surface area contributed by atoms with Crippen molar-refractivity contribution in [2.75, 3.05) is 18.6 Å². The number of benzene rings is 2. The third kappa shape index (κ3) is 5.86. The number of alkyl halides is 3. The molecule has 0 unspecified atom stereocenters. The van der Waals surface area contributed by atoms with E-state index in [-0.39, 0.29) is 10.6 Å². The second-order valence-electron chi connectivity index (χ2n) is 5.46. The lowest BCUT2D eigenvalue weighted by molar-refractivity contribution is -0.142.